The molecule has 12 aromatic rings. The van der Waals surface area contributed by atoms with Crippen molar-refractivity contribution in [1.29, 1.82) is 0 Å². The lowest BCUT2D eigenvalue weighted by Gasteiger charge is -2.47. The lowest BCUT2D eigenvalue weighted by molar-refractivity contribution is 0.852. The van der Waals surface area contributed by atoms with Gasteiger partial charge in [-0.15, -0.1) is 0 Å². The van der Waals surface area contributed by atoms with E-state index in [1.54, 1.807) is 0 Å². The van der Waals surface area contributed by atoms with E-state index in [-0.39, 0.29) is 5.92 Å². The Morgan fingerprint density at radius 2 is 0.435 bits per heavy atom. The maximum atomic E-state index is 2.59. The number of benzene rings is 12. The highest BCUT2D eigenvalue weighted by molar-refractivity contribution is 7.20. The lowest BCUT2D eigenvalue weighted by atomic mass is 9.86. The third-order valence-corrected chi connectivity index (χ3v) is 23.8. The van der Waals surface area contributed by atoms with Crippen LogP contribution in [0, 0.1) is 26.7 Å². The summed E-state index contributed by atoms with van der Waals surface area (Å²) in [4.78, 5) is 0. The quantitative estimate of drug-likeness (QED) is 0.0797. The molecule has 0 saturated carbocycles. The molecule has 0 N–H and O–H groups in total. The van der Waals surface area contributed by atoms with Crippen LogP contribution in [0.5, 0.6) is 0 Å². The first-order valence-electron chi connectivity index (χ1n) is 30.1. The van der Waals surface area contributed by atoms with E-state index >= 15 is 0 Å². The summed E-state index contributed by atoms with van der Waals surface area (Å²) in [5, 5.41) is 5.65. The third-order valence-electron chi connectivity index (χ3n) is 18.4. The van der Waals surface area contributed by atoms with E-state index in [1.807, 2.05) is 0 Å². The Morgan fingerprint density at radius 1 is 0.235 bits per heavy atom. The highest BCUT2D eigenvalue weighted by Gasteiger charge is 2.56. The zero-order valence-electron chi connectivity index (χ0n) is 49.8. The van der Waals surface area contributed by atoms with Crippen LogP contribution in [0.25, 0.3) is 100 Å². The van der Waals surface area contributed by atoms with E-state index in [4.69, 9.17) is 0 Å². The molecule has 0 fully saturated rings. The maximum absolute atomic E-state index is 4.29. The smallest absolute Gasteiger partial charge is 0.0636 e. The summed E-state index contributed by atoms with van der Waals surface area (Å²) >= 11 is 0. The molecule has 1 heteroatoms. The Kier molecular flexibility index (Phi) is 14.9. The second-order valence-electron chi connectivity index (χ2n) is 23.2. The zero-order valence-corrected chi connectivity index (χ0v) is 50.8. The third kappa shape index (κ3) is 9.50. The van der Waals surface area contributed by atoms with Gasteiger partial charge in [0.2, 0.25) is 0 Å². The lowest BCUT2D eigenvalue weighted by Crippen LogP contribution is -2.72. The molecule has 13 rings (SSSR count). The van der Waals surface area contributed by atoms with Gasteiger partial charge in [-0.05, 0) is 185 Å². The van der Waals surface area contributed by atoms with E-state index in [1.165, 1.54) is 154 Å². The predicted molar refractivity (Wildman–Crippen MR) is 367 cm³/mol. The van der Waals surface area contributed by atoms with Gasteiger partial charge in [0.1, 0.15) is 0 Å². The van der Waals surface area contributed by atoms with Crippen molar-refractivity contribution in [2.24, 2.45) is 5.92 Å². The molecule has 1 unspecified atom stereocenters. The van der Waals surface area contributed by atoms with Gasteiger partial charge in [-0.2, -0.15) is 0 Å². The minimum atomic E-state index is -4.29. The summed E-state index contributed by atoms with van der Waals surface area (Å²) in [6.45, 7) is 17.0. The van der Waals surface area contributed by atoms with Crippen molar-refractivity contribution in [1.82, 2.24) is 0 Å². The van der Waals surface area contributed by atoms with Crippen molar-refractivity contribution in [2.45, 2.75) is 48.5 Å². The minimum absolute atomic E-state index is 0.0165. The summed E-state index contributed by atoms with van der Waals surface area (Å²) in [7, 11) is -4.29. The van der Waals surface area contributed by atoms with Crippen LogP contribution in [0.1, 0.15) is 44.4 Å². The summed E-state index contributed by atoms with van der Waals surface area (Å²) < 4.78 is 0. The molecule has 0 aromatic heterocycles. The Hall–Kier alpha value is -9.66. The molecule has 0 saturated heterocycles. The fourth-order valence-corrected chi connectivity index (χ4v) is 21.5. The largest absolute Gasteiger partial charge is 0.180 e. The topological polar surface area (TPSA) is 0 Å². The molecule has 0 bridgehead atoms. The van der Waals surface area contributed by atoms with Crippen LogP contribution < -0.4 is 15.6 Å². The molecule has 0 amide bonds. The van der Waals surface area contributed by atoms with E-state index < -0.39 is 8.07 Å². The van der Waals surface area contributed by atoms with Crippen molar-refractivity contribution >= 4 is 23.6 Å². The van der Waals surface area contributed by atoms with Gasteiger partial charge in [-0.25, -0.2) is 0 Å². The van der Waals surface area contributed by atoms with E-state index in [0.29, 0.717) is 0 Å². The minimum Gasteiger partial charge on any atom is -0.0636 e. The average Bonchev–Trinajstić information content (AvgIpc) is 1.62. The van der Waals surface area contributed by atoms with Gasteiger partial charge >= 0.3 is 0 Å². The maximum Gasteiger partial charge on any atom is 0.180 e. The van der Waals surface area contributed by atoms with Gasteiger partial charge in [0.15, 0.2) is 8.07 Å². The predicted octanol–water partition coefficient (Wildman–Crippen LogP) is 20.9. The molecule has 0 heterocycles. The molecule has 1 aliphatic carbocycles. The monoisotopic (exact) mass is 1110 g/mol. The fourth-order valence-electron chi connectivity index (χ4n) is 14.5. The van der Waals surface area contributed by atoms with Crippen LogP contribution in [0.4, 0.5) is 0 Å². The molecular formula is C84H70Si. The Morgan fingerprint density at radius 3 is 0.635 bits per heavy atom. The SMILES string of the molecule is CC1=C(C)C(C)C([Si](c2c(-c3ccccc3)cc(C)c(-c3ccccc3)c2-c2ccccc2)(c2c(-c3ccccc3)cc(C)c(-c3ccccc3)c2-c2ccccc2)c2c(-c3ccccc3)cc(C)c(-c3ccccc3)c2-c2ccccc2)=C1C. The van der Waals surface area contributed by atoms with Crippen molar-refractivity contribution in [2.75, 3.05) is 0 Å². The molecule has 1 atom stereocenters. The van der Waals surface area contributed by atoms with Gasteiger partial charge in [-0.1, -0.05) is 314 Å². The molecule has 0 nitrogen and oxygen atoms in total. The average molecular weight is 1110 g/mol. The Balaban J connectivity index is 1.49. The van der Waals surface area contributed by atoms with Crippen molar-refractivity contribution < 1.29 is 0 Å². The first-order chi connectivity index (χ1) is 41.7. The number of rotatable bonds is 13. The van der Waals surface area contributed by atoms with Crippen molar-refractivity contribution in [3.8, 4) is 100 Å². The number of hydrogen-bond donors (Lipinski definition) is 0. The molecular weight excluding hydrogens is 1040 g/mol. The number of hydrogen-bond acceptors (Lipinski definition) is 0. The number of aryl methyl sites for hydroxylation is 3. The van der Waals surface area contributed by atoms with Crippen LogP contribution in [-0.4, -0.2) is 8.07 Å². The molecule has 12 aromatic carbocycles. The molecule has 1 aliphatic rings. The van der Waals surface area contributed by atoms with Crippen LogP contribution in [-0.2, 0) is 0 Å². The Labute approximate surface area is 504 Å². The molecule has 85 heavy (non-hydrogen) atoms. The standard InChI is InChI=1S/C84H70Si/c1-56-53-72(63-35-17-8-18-36-63)82(78(69-47-29-14-30-48-69)75(56)66-41-23-11-24-42-66)85(81-61(6)59(4)60(5)62(81)7,83-73(64-37-19-9-20-38-64)54-57(2)76(67-43-25-12-26-44-67)79(83)70-49-31-15-32-50-70)84-74(65-39-21-10-22-40-65)55-58(3)77(68-45-27-13-28-46-68)80(84)71-51-33-16-34-52-71/h8-55,61H,1-7H3. The van der Waals surface area contributed by atoms with Gasteiger partial charge in [0.05, 0.1) is 0 Å². The van der Waals surface area contributed by atoms with Gasteiger partial charge in [0, 0.05) is 0 Å². The second-order valence-corrected chi connectivity index (χ2v) is 26.7. The molecule has 0 aliphatic heterocycles. The van der Waals surface area contributed by atoms with Crippen LogP contribution in [0.15, 0.2) is 313 Å². The summed E-state index contributed by atoms with van der Waals surface area (Å²) in [6, 6.07) is 110. The van der Waals surface area contributed by atoms with Gasteiger partial charge < -0.3 is 0 Å². The summed E-state index contributed by atoms with van der Waals surface area (Å²) in [5.74, 6) is 0.0165. The summed E-state index contributed by atoms with van der Waals surface area (Å²) in [6.07, 6.45) is 0. The number of allylic oxidation sites excluding steroid dienone is 4. The van der Waals surface area contributed by atoms with E-state index in [2.05, 4.69) is 340 Å². The zero-order chi connectivity index (χ0) is 58.2. The molecule has 410 valence electrons. The van der Waals surface area contributed by atoms with Crippen LogP contribution in [0.2, 0.25) is 0 Å². The van der Waals surface area contributed by atoms with Crippen LogP contribution >= 0.6 is 0 Å². The second kappa shape index (κ2) is 23.2. The van der Waals surface area contributed by atoms with Crippen molar-refractivity contribution in [3.05, 3.63) is 330 Å². The Bertz CT molecular complexity index is 4030. The normalized spacial score (nSPS) is 13.4. The van der Waals surface area contributed by atoms with E-state index in [0.717, 1.165) is 0 Å². The van der Waals surface area contributed by atoms with Gasteiger partial charge in [-0.3, -0.25) is 0 Å². The summed E-state index contributed by atoms with van der Waals surface area (Å²) in [5.41, 5.74) is 29.9. The highest BCUT2D eigenvalue weighted by Crippen LogP contribution is 2.52. The van der Waals surface area contributed by atoms with Crippen molar-refractivity contribution in [3.63, 3.8) is 0 Å². The van der Waals surface area contributed by atoms with E-state index in [9.17, 15) is 0 Å². The fraction of sp³-hybridized carbons (Fsp3) is 0.0952. The molecule has 0 radical (unpaired) electrons. The highest BCUT2D eigenvalue weighted by atomic mass is 28.3. The molecule has 0 spiro atoms. The van der Waals surface area contributed by atoms with Gasteiger partial charge in [0.25, 0.3) is 0 Å². The van der Waals surface area contributed by atoms with Crippen LogP contribution in [0.3, 0.4) is 0 Å². The first kappa shape index (κ1) is 54.6. The first-order valence-corrected chi connectivity index (χ1v) is 32.1.